The van der Waals surface area contributed by atoms with E-state index in [2.05, 4.69) is 24.7 Å². The van der Waals surface area contributed by atoms with E-state index in [0.717, 1.165) is 12.4 Å². The van der Waals surface area contributed by atoms with Crippen LogP contribution in [0.3, 0.4) is 0 Å². The van der Waals surface area contributed by atoms with Crippen molar-refractivity contribution in [2.45, 2.75) is 4.90 Å². The van der Waals surface area contributed by atoms with Crippen LogP contribution in [0.5, 0.6) is 0 Å². The molecule has 0 aromatic carbocycles. The summed E-state index contributed by atoms with van der Waals surface area (Å²) in [5.41, 5.74) is 0. The van der Waals surface area contributed by atoms with Crippen LogP contribution in [0, 0.1) is 0 Å². The van der Waals surface area contributed by atoms with Gasteiger partial charge in [0.05, 0.1) is 12.4 Å². The Morgan fingerprint density at radius 2 is 1.94 bits per heavy atom. The molecule has 16 heavy (non-hydrogen) atoms. The fourth-order valence-electron chi connectivity index (χ4n) is 0.946. The number of aromatic amines is 1. The van der Waals surface area contributed by atoms with Gasteiger partial charge in [-0.1, -0.05) is 0 Å². The van der Waals surface area contributed by atoms with Crippen molar-refractivity contribution < 1.29 is 8.42 Å². The fraction of sp³-hybridized carbons (Fsp3) is 0. The van der Waals surface area contributed by atoms with Crippen LogP contribution in [0.1, 0.15) is 0 Å². The number of rotatable bonds is 3. The first-order valence-electron chi connectivity index (χ1n) is 4.08. The molecule has 2 aromatic rings. The molecule has 0 unspecified atom stereocenters. The van der Waals surface area contributed by atoms with Gasteiger partial charge in [0.25, 0.3) is 10.0 Å². The molecule has 0 aliphatic rings. The topological polar surface area (TPSA) is 101 Å². The molecule has 2 rings (SSSR count). The van der Waals surface area contributed by atoms with Gasteiger partial charge in [0.2, 0.25) is 11.2 Å². The molecule has 7 nitrogen and oxygen atoms in total. The number of aromatic nitrogens is 4. The predicted octanol–water partition coefficient (Wildman–Crippen LogP) is 0.654. The number of halogens is 1. The summed E-state index contributed by atoms with van der Waals surface area (Å²) < 4.78 is 25.6. The summed E-state index contributed by atoms with van der Waals surface area (Å²) in [6, 6.07) is 0. The molecule has 84 valence electrons. The van der Waals surface area contributed by atoms with E-state index in [1.165, 1.54) is 12.4 Å². The molecule has 0 aliphatic carbocycles. The number of imidazole rings is 1. The zero-order chi connectivity index (χ0) is 11.6. The molecule has 9 heteroatoms. The van der Waals surface area contributed by atoms with Crippen molar-refractivity contribution in [2.24, 2.45) is 0 Å². The third-order valence-corrected chi connectivity index (χ3v) is 3.12. The van der Waals surface area contributed by atoms with Gasteiger partial charge in [-0.2, -0.15) is 0 Å². The molecular weight excluding hydrogens is 254 g/mol. The van der Waals surface area contributed by atoms with Crippen molar-refractivity contribution in [1.29, 1.82) is 0 Å². The lowest BCUT2D eigenvalue weighted by Gasteiger charge is -2.03. The SMILES string of the molecule is O=S(=O)(Nc1ncc[nH]1)c1cnc(Cl)nc1. The number of sulfonamides is 1. The smallest absolute Gasteiger partial charge is 0.267 e. The summed E-state index contributed by atoms with van der Waals surface area (Å²) in [5, 5.41) is -0.0167. The van der Waals surface area contributed by atoms with Crippen LogP contribution in [-0.2, 0) is 10.0 Å². The maximum absolute atomic E-state index is 11.7. The van der Waals surface area contributed by atoms with E-state index in [0.29, 0.717) is 0 Å². The summed E-state index contributed by atoms with van der Waals surface area (Å²) in [6.45, 7) is 0. The van der Waals surface area contributed by atoms with Crippen LogP contribution in [0.15, 0.2) is 29.7 Å². The minimum absolute atomic E-state index is 0.0167. The van der Waals surface area contributed by atoms with Crippen LogP contribution < -0.4 is 4.72 Å². The van der Waals surface area contributed by atoms with E-state index in [-0.39, 0.29) is 16.1 Å². The highest BCUT2D eigenvalue weighted by Gasteiger charge is 2.16. The molecule has 0 saturated heterocycles. The molecule has 2 aromatic heterocycles. The first-order chi connectivity index (χ1) is 7.58. The number of nitrogens with zero attached hydrogens (tertiary/aromatic N) is 3. The summed E-state index contributed by atoms with van der Waals surface area (Å²) >= 11 is 5.45. The van der Waals surface area contributed by atoms with E-state index in [9.17, 15) is 8.42 Å². The van der Waals surface area contributed by atoms with Crippen LogP contribution in [0.25, 0.3) is 0 Å². The second kappa shape index (κ2) is 4.06. The quantitative estimate of drug-likeness (QED) is 0.789. The second-order valence-electron chi connectivity index (χ2n) is 2.73. The van der Waals surface area contributed by atoms with Crippen molar-refractivity contribution in [3.05, 3.63) is 30.1 Å². The molecule has 0 aliphatic heterocycles. The van der Waals surface area contributed by atoms with Gasteiger partial charge in [-0.15, -0.1) is 0 Å². The van der Waals surface area contributed by atoms with Crippen LogP contribution in [-0.4, -0.2) is 28.4 Å². The fourth-order valence-corrected chi connectivity index (χ4v) is 1.91. The van der Waals surface area contributed by atoms with E-state index in [1.807, 2.05) is 0 Å². The van der Waals surface area contributed by atoms with Crippen LogP contribution in [0.4, 0.5) is 5.95 Å². The lowest BCUT2D eigenvalue weighted by atomic mass is 10.7. The van der Waals surface area contributed by atoms with Crippen molar-refractivity contribution >= 4 is 27.6 Å². The number of hydrogen-bond donors (Lipinski definition) is 2. The number of H-pyrrole nitrogens is 1. The third kappa shape index (κ3) is 2.28. The normalized spacial score (nSPS) is 11.3. The van der Waals surface area contributed by atoms with Crippen molar-refractivity contribution in [3.8, 4) is 0 Å². The molecule has 0 spiro atoms. The summed E-state index contributed by atoms with van der Waals surface area (Å²) in [5.74, 6) is 0.120. The minimum atomic E-state index is -3.73. The summed E-state index contributed by atoms with van der Waals surface area (Å²) in [4.78, 5) is 13.4. The van der Waals surface area contributed by atoms with Crippen molar-refractivity contribution in [3.63, 3.8) is 0 Å². The summed E-state index contributed by atoms with van der Waals surface area (Å²) in [6.07, 6.45) is 5.15. The van der Waals surface area contributed by atoms with Gasteiger partial charge in [-0.3, -0.25) is 0 Å². The third-order valence-electron chi connectivity index (χ3n) is 1.64. The highest BCUT2D eigenvalue weighted by Crippen LogP contribution is 2.11. The molecule has 0 fully saturated rings. The van der Waals surface area contributed by atoms with Gasteiger partial charge >= 0.3 is 0 Å². The number of nitrogens with one attached hydrogen (secondary N) is 2. The zero-order valence-electron chi connectivity index (χ0n) is 7.75. The molecule has 0 radical (unpaired) electrons. The maximum Gasteiger partial charge on any atom is 0.267 e. The molecular formula is C7H6ClN5O2S. The van der Waals surface area contributed by atoms with E-state index >= 15 is 0 Å². The zero-order valence-corrected chi connectivity index (χ0v) is 9.33. The Hall–Kier alpha value is -1.67. The minimum Gasteiger partial charge on any atom is -0.330 e. The van der Waals surface area contributed by atoms with Crippen LogP contribution >= 0.6 is 11.6 Å². The molecule has 0 atom stereocenters. The van der Waals surface area contributed by atoms with E-state index < -0.39 is 10.0 Å². The number of anilines is 1. The van der Waals surface area contributed by atoms with E-state index in [1.54, 1.807) is 0 Å². The molecule has 0 bridgehead atoms. The Labute approximate surface area is 96.0 Å². The van der Waals surface area contributed by atoms with Gasteiger partial charge in [0.15, 0.2) is 0 Å². The van der Waals surface area contributed by atoms with Gasteiger partial charge in [-0.05, 0) is 11.6 Å². The highest BCUT2D eigenvalue weighted by atomic mass is 35.5. The Balaban J connectivity index is 2.29. The Morgan fingerprint density at radius 3 is 2.50 bits per heavy atom. The summed E-state index contributed by atoms with van der Waals surface area (Å²) in [7, 11) is -3.73. The van der Waals surface area contributed by atoms with Gasteiger partial charge < -0.3 is 4.98 Å². The standard InChI is InChI=1S/C7H6ClN5O2S/c8-6-11-3-5(4-12-6)16(14,15)13-7-9-1-2-10-7/h1-4H,(H2,9,10,13). The first-order valence-corrected chi connectivity index (χ1v) is 5.94. The average molecular weight is 260 g/mol. The largest absolute Gasteiger partial charge is 0.330 e. The second-order valence-corrected chi connectivity index (χ2v) is 4.75. The Morgan fingerprint density at radius 1 is 1.25 bits per heavy atom. The van der Waals surface area contributed by atoms with Gasteiger partial charge in [-0.25, -0.2) is 28.1 Å². The number of hydrogen-bond acceptors (Lipinski definition) is 5. The Bertz CT molecular complexity index is 565. The lowest BCUT2D eigenvalue weighted by Crippen LogP contribution is -2.14. The first kappa shape index (κ1) is 10.8. The molecule has 0 saturated carbocycles. The van der Waals surface area contributed by atoms with Gasteiger partial charge in [0.1, 0.15) is 4.90 Å². The van der Waals surface area contributed by atoms with Crippen molar-refractivity contribution in [2.75, 3.05) is 4.72 Å². The van der Waals surface area contributed by atoms with Crippen LogP contribution in [0.2, 0.25) is 5.28 Å². The van der Waals surface area contributed by atoms with E-state index in [4.69, 9.17) is 11.6 Å². The average Bonchev–Trinajstić information content (AvgIpc) is 2.70. The maximum atomic E-state index is 11.7. The molecule has 0 amide bonds. The molecule has 2 N–H and O–H groups in total. The highest BCUT2D eigenvalue weighted by molar-refractivity contribution is 7.92. The van der Waals surface area contributed by atoms with Gasteiger partial charge in [0, 0.05) is 12.4 Å². The molecule has 2 heterocycles. The lowest BCUT2D eigenvalue weighted by molar-refractivity contribution is 0.600. The predicted molar refractivity (Wildman–Crippen MR) is 56.4 cm³/mol. The monoisotopic (exact) mass is 259 g/mol. The Kier molecular flexibility index (Phi) is 2.75. The van der Waals surface area contributed by atoms with Crippen molar-refractivity contribution in [1.82, 2.24) is 19.9 Å².